The molecule has 0 aromatic carbocycles. The van der Waals surface area contributed by atoms with Gasteiger partial charge in [-0.15, -0.1) is 22.7 Å². The second-order valence-electron chi connectivity index (χ2n) is 3.91. The van der Waals surface area contributed by atoms with Gasteiger partial charge in [0.25, 0.3) is 0 Å². The Morgan fingerprint density at radius 1 is 1.37 bits per heavy atom. The molecule has 4 nitrogen and oxygen atoms in total. The van der Waals surface area contributed by atoms with Crippen LogP contribution in [0.1, 0.15) is 16.8 Å². The van der Waals surface area contributed by atoms with Gasteiger partial charge in [-0.1, -0.05) is 6.92 Å². The van der Waals surface area contributed by atoms with Gasteiger partial charge in [-0.05, 0) is 29.5 Å². The number of fused-ring (bicyclic) bond motifs is 1. The van der Waals surface area contributed by atoms with E-state index in [1.807, 2.05) is 17.6 Å². The van der Waals surface area contributed by atoms with E-state index in [0.717, 1.165) is 27.5 Å². The molecule has 0 saturated carbocycles. The van der Waals surface area contributed by atoms with Crippen molar-refractivity contribution >= 4 is 50.3 Å². The molecule has 7 heteroatoms. The summed E-state index contributed by atoms with van der Waals surface area (Å²) in [5.74, 6) is 0.768. The third-order valence-electron chi connectivity index (χ3n) is 2.65. The molecule has 0 amide bonds. The van der Waals surface area contributed by atoms with Crippen LogP contribution in [0.5, 0.6) is 0 Å². The number of aryl methyl sites for hydroxylation is 1. The fourth-order valence-electron chi connectivity index (χ4n) is 1.72. The fourth-order valence-corrected chi connectivity index (χ4v) is 3.50. The van der Waals surface area contributed by atoms with E-state index in [0.29, 0.717) is 6.54 Å². The van der Waals surface area contributed by atoms with E-state index in [4.69, 9.17) is 11.6 Å². The lowest BCUT2D eigenvalue weighted by molar-refractivity contribution is 1.07. The number of thiophene rings is 1. The number of nitrogens with one attached hydrogen (secondary N) is 1. The molecule has 3 aromatic rings. The molecule has 0 aliphatic rings. The highest BCUT2D eigenvalue weighted by Crippen LogP contribution is 2.27. The molecule has 3 heterocycles. The van der Waals surface area contributed by atoms with Crippen molar-refractivity contribution in [3.8, 4) is 0 Å². The lowest BCUT2D eigenvalue weighted by atomic mass is 10.4. The molecule has 0 fully saturated rings. The second-order valence-corrected chi connectivity index (χ2v) is 6.34. The standard InChI is InChI=1S/C12H11ClN4S2/c1-2-7-5-14-9(19-7)6-15-10-8-3-4-18-11(8)17-12(13)16-10/h3-5H,2,6H2,1H3,(H,15,16,17). The number of rotatable bonds is 4. The molecule has 98 valence electrons. The van der Waals surface area contributed by atoms with Crippen molar-refractivity contribution in [1.29, 1.82) is 0 Å². The normalized spacial score (nSPS) is 11.1. The Balaban J connectivity index is 1.83. The Morgan fingerprint density at radius 2 is 2.26 bits per heavy atom. The average Bonchev–Trinajstić information content (AvgIpc) is 3.03. The van der Waals surface area contributed by atoms with Crippen molar-refractivity contribution in [3.63, 3.8) is 0 Å². The highest BCUT2D eigenvalue weighted by molar-refractivity contribution is 7.16. The molecular formula is C12H11ClN4S2. The smallest absolute Gasteiger partial charge is 0.225 e. The van der Waals surface area contributed by atoms with E-state index in [2.05, 4.69) is 27.2 Å². The van der Waals surface area contributed by atoms with Crippen LogP contribution in [0.15, 0.2) is 17.6 Å². The van der Waals surface area contributed by atoms with Gasteiger partial charge < -0.3 is 5.32 Å². The predicted molar refractivity (Wildman–Crippen MR) is 81.2 cm³/mol. The Labute approximate surface area is 123 Å². The summed E-state index contributed by atoms with van der Waals surface area (Å²) in [5, 5.41) is 7.59. The molecule has 3 rings (SSSR count). The van der Waals surface area contributed by atoms with Crippen molar-refractivity contribution < 1.29 is 0 Å². The summed E-state index contributed by atoms with van der Waals surface area (Å²) >= 11 is 9.19. The zero-order chi connectivity index (χ0) is 13.2. The molecule has 0 bridgehead atoms. The first kappa shape index (κ1) is 12.8. The van der Waals surface area contributed by atoms with Crippen molar-refractivity contribution in [3.05, 3.63) is 32.8 Å². The maximum atomic E-state index is 5.92. The average molecular weight is 311 g/mol. The van der Waals surface area contributed by atoms with Crippen LogP contribution in [0, 0.1) is 0 Å². The van der Waals surface area contributed by atoms with Gasteiger partial charge in [-0.25, -0.2) is 15.0 Å². The van der Waals surface area contributed by atoms with E-state index >= 15 is 0 Å². The van der Waals surface area contributed by atoms with Crippen molar-refractivity contribution in [2.75, 3.05) is 5.32 Å². The van der Waals surface area contributed by atoms with E-state index in [1.165, 1.54) is 4.88 Å². The van der Waals surface area contributed by atoms with Crippen molar-refractivity contribution in [2.45, 2.75) is 19.9 Å². The van der Waals surface area contributed by atoms with Crippen LogP contribution in [0.25, 0.3) is 10.2 Å². The zero-order valence-electron chi connectivity index (χ0n) is 10.2. The number of anilines is 1. The van der Waals surface area contributed by atoms with Crippen LogP contribution < -0.4 is 5.32 Å². The number of thiazole rings is 1. The van der Waals surface area contributed by atoms with Crippen LogP contribution in [-0.4, -0.2) is 15.0 Å². The Hall–Kier alpha value is -1.24. The van der Waals surface area contributed by atoms with E-state index < -0.39 is 0 Å². The SMILES string of the molecule is CCc1cnc(CNc2nc(Cl)nc3sccc23)s1. The maximum Gasteiger partial charge on any atom is 0.225 e. The lowest BCUT2D eigenvalue weighted by Crippen LogP contribution is -2.02. The lowest BCUT2D eigenvalue weighted by Gasteiger charge is -2.04. The minimum absolute atomic E-state index is 0.269. The van der Waals surface area contributed by atoms with E-state index in [1.54, 1.807) is 22.7 Å². The maximum absolute atomic E-state index is 5.92. The summed E-state index contributed by atoms with van der Waals surface area (Å²) in [5.41, 5.74) is 0. The summed E-state index contributed by atoms with van der Waals surface area (Å²) in [4.78, 5) is 15.0. The number of hydrogen-bond acceptors (Lipinski definition) is 6. The fraction of sp³-hybridized carbons (Fsp3) is 0.250. The number of nitrogens with zero attached hydrogens (tertiary/aromatic N) is 3. The van der Waals surface area contributed by atoms with Crippen LogP contribution in [-0.2, 0) is 13.0 Å². The van der Waals surface area contributed by atoms with Gasteiger partial charge in [0, 0.05) is 11.1 Å². The molecule has 0 unspecified atom stereocenters. The van der Waals surface area contributed by atoms with Crippen LogP contribution >= 0.6 is 34.3 Å². The molecule has 0 saturated heterocycles. The largest absolute Gasteiger partial charge is 0.363 e. The second kappa shape index (κ2) is 5.40. The first-order valence-electron chi connectivity index (χ1n) is 5.84. The zero-order valence-corrected chi connectivity index (χ0v) is 12.6. The molecule has 1 N–H and O–H groups in total. The molecule has 0 aliphatic heterocycles. The first-order valence-corrected chi connectivity index (χ1v) is 7.92. The van der Waals surface area contributed by atoms with Gasteiger partial charge in [0.1, 0.15) is 15.7 Å². The quantitative estimate of drug-likeness (QED) is 0.741. The molecule has 0 radical (unpaired) electrons. The summed E-state index contributed by atoms with van der Waals surface area (Å²) in [6.45, 7) is 2.78. The van der Waals surface area contributed by atoms with Gasteiger partial charge in [0.2, 0.25) is 5.28 Å². The summed E-state index contributed by atoms with van der Waals surface area (Å²) in [6, 6.07) is 2.00. The van der Waals surface area contributed by atoms with Crippen molar-refractivity contribution in [1.82, 2.24) is 15.0 Å². The molecule has 0 spiro atoms. The van der Waals surface area contributed by atoms with Gasteiger partial charge in [-0.3, -0.25) is 0 Å². The Morgan fingerprint density at radius 3 is 3.05 bits per heavy atom. The molecule has 3 aromatic heterocycles. The first-order chi connectivity index (χ1) is 9.26. The molecule has 0 aliphatic carbocycles. The molecule has 19 heavy (non-hydrogen) atoms. The van der Waals surface area contributed by atoms with E-state index in [-0.39, 0.29) is 5.28 Å². The molecule has 0 atom stereocenters. The minimum atomic E-state index is 0.269. The Kier molecular flexibility index (Phi) is 3.63. The highest BCUT2D eigenvalue weighted by atomic mass is 35.5. The minimum Gasteiger partial charge on any atom is -0.363 e. The van der Waals surface area contributed by atoms with Gasteiger partial charge in [-0.2, -0.15) is 0 Å². The summed E-state index contributed by atoms with van der Waals surface area (Å²) < 4.78 is 0. The van der Waals surface area contributed by atoms with Crippen LogP contribution in [0.3, 0.4) is 0 Å². The van der Waals surface area contributed by atoms with Gasteiger partial charge in [0.05, 0.1) is 11.9 Å². The number of hydrogen-bond donors (Lipinski definition) is 1. The van der Waals surface area contributed by atoms with Gasteiger partial charge in [0.15, 0.2) is 0 Å². The monoisotopic (exact) mass is 310 g/mol. The predicted octanol–water partition coefficient (Wildman–Crippen LogP) is 3.98. The van der Waals surface area contributed by atoms with Crippen LogP contribution in [0.4, 0.5) is 5.82 Å². The third kappa shape index (κ3) is 2.70. The van der Waals surface area contributed by atoms with Crippen molar-refractivity contribution in [2.24, 2.45) is 0 Å². The van der Waals surface area contributed by atoms with Crippen LogP contribution in [0.2, 0.25) is 5.28 Å². The number of halogens is 1. The van der Waals surface area contributed by atoms with Gasteiger partial charge >= 0.3 is 0 Å². The topological polar surface area (TPSA) is 50.7 Å². The Bertz CT molecular complexity index is 707. The third-order valence-corrected chi connectivity index (χ3v) is 4.77. The number of aromatic nitrogens is 3. The summed E-state index contributed by atoms with van der Waals surface area (Å²) in [6.07, 6.45) is 2.95. The summed E-state index contributed by atoms with van der Waals surface area (Å²) in [7, 11) is 0. The van der Waals surface area contributed by atoms with E-state index in [9.17, 15) is 0 Å². The highest BCUT2D eigenvalue weighted by Gasteiger charge is 2.08. The molecular weight excluding hydrogens is 300 g/mol.